The average Bonchev–Trinajstić information content (AvgIpc) is 2.79. The Morgan fingerprint density at radius 3 is 2.84 bits per heavy atom. The van der Waals surface area contributed by atoms with Crippen LogP contribution >= 0.6 is 0 Å². The lowest BCUT2D eigenvalue weighted by molar-refractivity contribution is 0.0468. The number of rotatable bonds is 5. The minimum atomic E-state index is -0.851. The molecule has 102 valence electrons. The highest BCUT2D eigenvalue weighted by Gasteiger charge is 2.20. The Labute approximate surface area is 112 Å². The molecular formula is C15H20N2O2. The highest BCUT2D eigenvalue weighted by atomic mass is 16.3. The number of aromatic nitrogens is 1. The summed E-state index contributed by atoms with van der Waals surface area (Å²) < 4.78 is 0. The van der Waals surface area contributed by atoms with Crippen LogP contribution in [-0.4, -0.2) is 28.1 Å². The van der Waals surface area contributed by atoms with Crippen molar-refractivity contribution in [1.82, 2.24) is 10.3 Å². The highest BCUT2D eigenvalue weighted by molar-refractivity contribution is 5.97. The molecule has 0 aliphatic rings. The molecule has 4 nitrogen and oxygen atoms in total. The second kappa shape index (κ2) is 5.45. The summed E-state index contributed by atoms with van der Waals surface area (Å²) in [6.07, 6.45) is 1.55. The van der Waals surface area contributed by atoms with E-state index in [0.29, 0.717) is 12.1 Å². The Kier molecular flexibility index (Phi) is 3.90. The third-order valence-corrected chi connectivity index (χ3v) is 3.19. The predicted molar refractivity (Wildman–Crippen MR) is 76.2 cm³/mol. The lowest BCUT2D eigenvalue weighted by Gasteiger charge is -2.22. The summed E-state index contributed by atoms with van der Waals surface area (Å²) >= 11 is 0. The maximum absolute atomic E-state index is 12.0. The molecule has 1 aromatic heterocycles. The molecule has 0 aliphatic heterocycles. The van der Waals surface area contributed by atoms with Crippen LogP contribution in [0.1, 0.15) is 37.2 Å². The smallest absolute Gasteiger partial charge is 0.267 e. The van der Waals surface area contributed by atoms with Gasteiger partial charge in [-0.05, 0) is 25.5 Å². The number of para-hydroxylation sites is 1. The lowest BCUT2D eigenvalue weighted by atomic mass is 10.0. The van der Waals surface area contributed by atoms with Crippen LogP contribution in [0.25, 0.3) is 10.9 Å². The zero-order valence-corrected chi connectivity index (χ0v) is 11.4. The van der Waals surface area contributed by atoms with Crippen molar-refractivity contribution in [2.45, 2.75) is 32.3 Å². The number of carbonyl (C=O) groups excluding carboxylic acids is 1. The van der Waals surface area contributed by atoms with Gasteiger partial charge in [-0.2, -0.15) is 0 Å². The van der Waals surface area contributed by atoms with Crippen LogP contribution in [0.4, 0.5) is 0 Å². The Balaban J connectivity index is 2.04. The normalized spacial score (nSPS) is 14.3. The number of aliphatic hydroxyl groups is 1. The third-order valence-electron chi connectivity index (χ3n) is 3.19. The Morgan fingerprint density at radius 2 is 2.16 bits per heavy atom. The lowest BCUT2D eigenvalue weighted by Crippen LogP contribution is -2.40. The molecule has 0 radical (unpaired) electrons. The molecule has 0 bridgehead atoms. The molecule has 1 amide bonds. The first-order valence-corrected chi connectivity index (χ1v) is 6.60. The van der Waals surface area contributed by atoms with Gasteiger partial charge in [-0.25, -0.2) is 0 Å². The van der Waals surface area contributed by atoms with Crippen LogP contribution in [0.15, 0.2) is 30.3 Å². The molecule has 2 aromatic rings. The van der Waals surface area contributed by atoms with Crippen molar-refractivity contribution in [3.63, 3.8) is 0 Å². The van der Waals surface area contributed by atoms with Crippen LogP contribution in [0.5, 0.6) is 0 Å². The predicted octanol–water partition coefficient (Wildman–Crippen LogP) is 2.45. The minimum Gasteiger partial charge on any atom is -0.388 e. The van der Waals surface area contributed by atoms with E-state index in [1.807, 2.05) is 37.3 Å². The van der Waals surface area contributed by atoms with Gasteiger partial charge in [0.1, 0.15) is 5.69 Å². The standard InChI is InChI=1S/C15H20N2O2/c1-3-8-15(2,19)10-16-14(18)13-9-11-6-4-5-7-12(11)17-13/h4-7,9,17,19H,3,8,10H2,1-2H3,(H,16,18). The van der Waals surface area contributed by atoms with Gasteiger partial charge in [-0.1, -0.05) is 31.5 Å². The zero-order chi connectivity index (χ0) is 13.9. The number of hydrogen-bond acceptors (Lipinski definition) is 2. The van der Waals surface area contributed by atoms with Crippen LogP contribution in [-0.2, 0) is 0 Å². The Hall–Kier alpha value is -1.81. The molecule has 0 fully saturated rings. The first-order valence-electron chi connectivity index (χ1n) is 6.60. The molecule has 0 aliphatic carbocycles. The van der Waals surface area contributed by atoms with Crippen LogP contribution in [0, 0.1) is 0 Å². The van der Waals surface area contributed by atoms with E-state index in [-0.39, 0.29) is 12.5 Å². The Bertz CT molecular complexity index is 539. The Morgan fingerprint density at radius 1 is 1.42 bits per heavy atom. The fourth-order valence-corrected chi connectivity index (χ4v) is 2.19. The average molecular weight is 260 g/mol. The van der Waals surface area contributed by atoms with E-state index in [0.717, 1.165) is 17.3 Å². The maximum atomic E-state index is 12.0. The van der Waals surface area contributed by atoms with Gasteiger partial charge >= 0.3 is 0 Å². The number of benzene rings is 1. The van der Waals surface area contributed by atoms with E-state index in [1.54, 1.807) is 6.92 Å². The topological polar surface area (TPSA) is 65.1 Å². The van der Waals surface area contributed by atoms with Crippen LogP contribution in [0.3, 0.4) is 0 Å². The van der Waals surface area contributed by atoms with E-state index in [1.165, 1.54) is 0 Å². The second-order valence-corrected chi connectivity index (χ2v) is 5.20. The molecule has 0 saturated carbocycles. The van der Waals surface area contributed by atoms with Gasteiger partial charge in [0.2, 0.25) is 0 Å². The first kappa shape index (κ1) is 13.6. The fraction of sp³-hybridized carbons (Fsp3) is 0.400. The summed E-state index contributed by atoms with van der Waals surface area (Å²) in [5, 5.41) is 13.8. The largest absolute Gasteiger partial charge is 0.388 e. The highest BCUT2D eigenvalue weighted by Crippen LogP contribution is 2.15. The number of nitrogens with one attached hydrogen (secondary N) is 2. The van der Waals surface area contributed by atoms with E-state index in [4.69, 9.17) is 0 Å². The van der Waals surface area contributed by atoms with Gasteiger partial charge in [-0.3, -0.25) is 4.79 Å². The second-order valence-electron chi connectivity index (χ2n) is 5.20. The molecule has 2 rings (SSSR count). The monoisotopic (exact) mass is 260 g/mol. The summed E-state index contributed by atoms with van der Waals surface area (Å²) in [5.41, 5.74) is 0.609. The third kappa shape index (κ3) is 3.35. The summed E-state index contributed by atoms with van der Waals surface area (Å²) in [5.74, 6) is -0.187. The molecule has 4 heteroatoms. The molecule has 1 unspecified atom stereocenters. The summed E-state index contributed by atoms with van der Waals surface area (Å²) in [7, 11) is 0. The molecule has 1 atom stereocenters. The van der Waals surface area contributed by atoms with E-state index >= 15 is 0 Å². The molecule has 0 spiro atoms. The molecule has 19 heavy (non-hydrogen) atoms. The summed E-state index contributed by atoms with van der Waals surface area (Å²) in [4.78, 5) is 15.1. The van der Waals surface area contributed by atoms with Crippen LogP contribution in [0.2, 0.25) is 0 Å². The fourth-order valence-electron chi connectivity index (χ4n) is 2.19. The van der Waals surface area contributed by atoms with Gasteiger partial charge in [0.25, 0.3) is 5.91 Å². The SMILES string of the molecule is CCCC(C)(O)CNC(=O)c1cc2ccccc2[nH]1. The molecule has 3 N–H and O–H groups in total. The first-order chi connectivity index (χ1) is 9.02. The van der Waals surface area contributed by atoms with Gasteiger partial charge in [0, 0.05) is 17.4 Å². The van der Waals surface area contributed by atoms with Gasteiger partial charge < -0.3 is 15.4 Å². The van der Waals surface area contributed by atoms with Crippen molar-refractivity contribution < 1.29 is 9.90 Å². The summed E-state index contributed by atoms with van der Waals surface area (Å²) in [6.45, 7) is 4.00. The van der Waals surface area contributed by atoms with E-state index < -0.39 is 5.60 Å². The van der Waals surface area contributed by atoms with Crippen LogP contribution < -0.4 is 5.32 Å². The van der Waals surface area contributed by atoms with Crippen molar-refractivity contribution in [1.29, 1.82) is 0 Å². The van der Waals surface area contributed by atoms with Gasteiger partial charge in [0.05, 0.1) is 5.60 Å². The number of aromatic amines is 1. The maximum Gasteiger partial charge on any atom is 0.267 e. The molecular weight excluding hydrogens is 240 g/mol. The number of carbonyl (C=O) groups is 1. The van der Waals surface area contributed by atoms with Gasteiger partial charge in [-0.15, -0.1) is 0 Å². The number of hydrogen-bond donors (Lipinski definition) is 3. The van der Waals surface area contributed by atoms with Crippen molar-refractivity contribution in [2.75, 3.05) is 6.54 Å². The van der Waals surface area contributed by atoms with Gasteiger partial charge in [0.15, 0.2) is 0 Å². The van der Waals surface area contributed by atoms with E-state index in [2.05, 4.69) is 10.3 Å². The molecule has 1 aromatic carbocycles. The quantitative estimate of drug-likeness (QED) is 0.773. The number of fused-ring (bicyclic) bond motifs is 1. The van der Waals surface area contributed by atoms with Crippen molar-refractivity contribution in [3.8, 4) is 0 Å². The number of H-pyrrole nitrogens is 1. The minimum absolute atomic E-state index is 0.187. The van der Waals surface area contributed by atoms with E-state index in [9.17, 15) is 9.90 Å². The summed E-state index contributed by atoms with van der Waals surface area (Å²) in [6, 6.07) is 9.56. The van der Waals surface area contributed by atoms with Crippen molar-refractivity contribution in [2.24, 2.45) is 0 Å². The van der Waals surface area contributed by atoms with Crippen molar-refractivity contribution >= 4 is 16.8 Å². The zero-order valence-electron chi connectivity index (χ0n) is 11.4. The molecule has 1 heterocycles. The number of amides is 1. The molecule has 0 saturated heterocycles. The van der Waals surface area contributed by atoms with Crippen molar-refractivity contribution in [3.05, 3.63) is 36.0 Å².